The van der Waals surface area contributed by atoms with Gasteiger partial charge in [0.1, 0.15) is 5.82 Å². The third-order valence-electron chi connectivity index (χ3n) is 3.73. The summed E-state index contributed by atoms with van der Waals surface area (Å²) in [5.74, 6) is -1.36. The SMILES string of the molecule is NCC1(C(O)c2ccc(F)c(C(F)(F)F)c2)CCOC1. The zero-order chi connectivity index (χ0) is 15.0. The van der Waals surface area contributed by atoms with E-state index in [4.69, 9.17) is 10.5 Å². The smallest absolute Gasteiger partial charge is 0.388 e. The highest BCUT2D eigenvalue weighted by atomic mass is 19.4. The molecule has 1 aromatic carbocycles. The van der Waals surface area contributed by atoms with Gasteiger partial charge in [-0.2, -0.15) is 13.2 Å². The maximum Gasteiger partial charge on any atom is 0.419 e. The second-order valence-corrected chi connectivity index (χ2v) is 5.01. The molecule has 3 N–H and O–H groups in total. The van der Waals surface area contributed by atoms with Crippen molar-refractivity contribution in [1.82, 2.24) is 0 Å². The van der Waals surface area contributed by atoms with Crippen molar-refractivity contribution in [2.24, 2.45) is 11.1 Å². The molecule has 3 nitrogen and oxygen atoms in total. The predicted octanol–water partition coefficient (Wildman–Crippen LogP) is 2.24. The predicted molar refractivity (Wildman–Crippen MR) is 63.3 cm³/mol. The van der Waals surface area contributed by atoms with Crippen LogP contribution in [-0.4, -0.2) is 24.9 Å². The van der Waals surface area contributed by atoms with Crippen LogP contribution in [0.25, 0.3) is 0 Å². The van der Waals surface area contributed by atoms with Crippen molar-refractivity contribution in [2.75, 3.05) is 19.8 Å². The number of halogens is 4. The molecule has 112 valence electrons. The first-order valence-electron chi connectivity index (χ1n) is 6.13. The van der Waals surface area contributed by atoms with Gasteiger partial charge >= 0.3 is 6.18 Å². The molecule has 1 heterocycles. The lowest BCUT2D eigenvalue weighted by Gasteiger charge is -2.32. The van der Waals surface area contributed by atoms with E-state index in [1.54, 1.807) is 0 Å². The molecule has 1 saturated heterocycles. The van der Waals surface area contributed by atoms with Gasteiger partial charge in [-0.25, -0.2) is 4.39 Å². The van der Waals surface area contributed by atoms with Crippen LogP contribution >= 0.6 is 0 Å². The molecule has 7 heteroatoms. The van der Waals surface area contributed by atoms with Crippen LogP contribution in [-0.2, 0) is 10.9 Å². The summed E-state index contributed by atoms with van der Waals surface area (Å²) in [6, 6.07) is 2.49. The summed E-state index contributed by atoms with van der Waals surface area (Å²) in [5.41, 5.74) is 3.41. The van der Waals surface area contributed by atoms with Gasteiger partial charge in [0.2, 0.25) is 0 Å². The lowest BCUT2D eigenvalue weighted by molar-refractivity contribution is -0.140. The first-order chi connectivity index (χ1) is 9.30. The summed E-state index contributed by atoms with van der Waals surface area (Å²) in [7, 11) is 0. The summed E-state index contributed by atoms with van der Waals surface area (Å²) in [5, 5.41) is 10.3. The summed E-state index contributed by atoms with van der Waals surface area (Å²) in [6.45, 7) is 0.637. The molecule has 1 fully saturated rings. The zero-order valence-corrected chi connectivity index (χ0v) is 10.6. The van der Waals surface area contributed by atoms with Crippen LogP contribution in [0.2, 0.25) is 0 Å². The lowest BCUT2D eigenvalue weighted by Crippen LogP contribution is -2.37. The Morgan fingerprint density at radius 3 is 2.60 bits per heavy atom. The van der Waals surface area contributed by atoms with E-state index in [-0.39, 0.29) is 18.7 Å². The van der Waals surface area contributed by atoms with Crippen molar-refractivity contribution in [2.45, 2.75) is 18.7 Å². The molecular formula is C13H15F4NO2. The van der Waals surface area contributed by atoms with Crippen molar-refractivity contribution in [3.8, 4) is 0 Å². The van der Waals surface area contributed by atoms with Gasteiger partial charge in [0, 0.05) is 18.6 Å². The summed E-state index contributed by atoms with van der Waals surface area (Å²) in [6.07, 6.45) is -5.58. The summed E-state index contributed by atoms with van der Waals surface area (Å²) in [4.78, 5) is 0. The Hall–Kier alpha value is -1.18. The highest BCUT2D eigenvalue weighted by Gasteiger charge is 2.42. The van der Waals surface area contributed by atoms with Crippen LogP contribution in [0.4, 0.5) is 17.6 Å². The van der Waals surface area contributed by atoms with E-state index in [1.165, 1.54) is 0 Å². The molecule has 1 aliphatic heterocycles. The number of ether oxygens (including phenoxy) is 1. The summed E-state index contributed by atoms with van der Waals surface area (Å²) < 4.78 is 56.4. The Bertz CT molecular complexity index is 484. The van der Waals surface area contributed by atoms with E-state index in [2.05, 4.69) is 0 Å². The number of aliphatic hydroxyl groups excluding tert-OH is 1. The molecule has 0 radical (unpaired) electrons. The first-order valence-corrected chi connectivity index (χ1v) is 6.13. The number of hydrogen-bond acceptors (Lipinski definition) is 3. The van der Waals surface area contributed by atoms with E-state index in [0.717, 1.165) is 6.07 Å². The quantitative estimate of drug-likeness (QED) is 0.840. The number of benzene rings is 1. The molecule has 20 heavy (non-hydrogen) atoms. The largest absolute Gasteiger partial charge is 0.419 e. The van der Waals surface area contributed by atoms with E-state index in [0.29, 0.717) is 25.2 Å². The van der Waals surface area contributed by atoms with Gasteiger partial charge in [-0.1, -0.05) is 6.07 Å². The third kappa shape index (κ3) is 2.65. The van der Waals surface area contributed by atoms with Gasteiger partial charge in [-0.15, -0.1) is 0 Å². The van der Waals surface area contributed by atoms with Gasteiger partial charge in [-0.05, 0) is 24.1 Å². The highest BCUT2D eigenvalue weighted by molar-refractivity contribution is 5.30. The molecule has 0 aliphatic carbocycles. The van der Waals surface area contributed by atoms with E-state index >= 15 is 0 Å². The number of nitrogens with two attached hydrogens (primary N) is 1. The molecule has 2 atom stereocenters. The standard InChI is InChI=1S/C13H15F4NO2/c14-10-2-1-8(5-9(10)13(15,16)17)11(19)12(6-18)3-4-20-7-12/h1-2,5,11,19H,3-4,6-7,18H2. The van der Waals surface area contributed by atoms with E-state index in [9.17, 15) is 22.7 Å². The third-order valence-corrected chi connectivity index (χ3v) is 3.73. The number of rotatable bonds is 3. The van der Waals surface area contributed by atoms with Crippen molar-refractivity contribution in [3.05, 3.63) is 35.1 Å². The fourth-order valence-electron chi connectivity index (χ4n) is 2.40. The van der Waals surface area contributed by atoms with E-state index < -0.39 is 29.1 Å². The van der Waals surface area contributed by atoms with Crippen molar-refractivity contribution < 1.29 is 27.4 Å². The Labute approximate surface area is 113 Å². The van der Waals surface area contributed by atoms with Crippen LogP contribution in [0.1, 0.15) is 23.7 Å². The average Bonchev–Trinajstić information content (AvgIpc) is 2.87. The van der Waals surface area contributed by atoms with Crippen LogP contribution in [0, 0.1) is 11.2 Å². The maximum atomic E-state index is 13.2. The van der Waals surface area contributed by atoms with Gasteiger partial charge in [0.15, 0.2) is 0 Å². The minimum Gasteiger partial charge on any atom is -0.388 e. The molecule has 0 spiro atoms. The van der Waals surface area contributed by atoms with Gasteiger partial charge in [-0.3, -0.25) is 0 Å². The lowest BCUT2D eigenvalue weighted by atomic mass is 9.78. The summed E-state index contributed by atoms with van der Waals surface area (Å²) >= 11 is 0. The second-order valence-electron chi connectivity index (χ2n) is 5.01. The fraction of sp³-hybridized carbons (Fsp3) is 0.538. The Balaban J connectivity index is 2.38. The maximum absolute atomic E-state index is 13.2. The average molecular weight is 293 g/mol. The molecular weight excluding hydrogens is 278 g/mol. The Kier molecular flexibility index (Phi) is 4.04. The normalized spacial score (nSPS) is 24.9. The minimum atomic E-state index is -4.80. The minimum absolute atomic E-state index is 0.00493. The molecule has 2 rings (SSSR count). The molecule has 0 saturated carbocycles. The van der Waals surface area contributed by atoms with Crippen molar-refractivity contribution in [1.29, 1.82) is 0 Å². The first kappa shape index (κ1) is 15.2. The van der Waals surface area contributed by atoms with Gasteiger partial charge in [0.25, 0.3) is 0 Å². The van der Waals surface area contributed by atoms with Gasteiger partial charge < -0.3 is 15.6 Å². The Morgan fingerprint density at radius 2 is 2.10 bits per heavy atom. The topological polar surface area (TPSA) is 55.5 Å². The number of hydrogen-bond donors (Lipinski definition) is 2. The van der Waals surface area contributed by atoms with Crippen LogP contribution < -0.4 is 5.73 Å². The van der Waals surface area contributed by atoms with Crippen LogP contribution in [0.5, 0.6) is 0 Å². The van der Waals surface area contributed by atoms with E-state index in [1.807, 2.05) is 0 Å². The van der Waals surface area contributed by atoms with Crippen LogP contribution in [0.3, 0.4) is 0 Å². The molecule has 1 aliphatic rings. The fourth-order valence-corrected chi connectivity index (χ4v) is 2.40. The number of alkyl halides is 3. The van der Waals surface area contributed by atoms with Gasteiger partial charge in [0.05, 0.1) is 18.3 Å². The molecule has 0 aromatic heterocycles. The molecule has 0 bridgehead atoms. The number of aliphatic hydroxyl groups is 1. The Morgan fingerprint density at radius 1 is 1.40 bits per heavy atom. The van der Waals surface area contributed by atoms with Crippen molar-refractivity contribution >= 4 is 0 Å². The second kappa shape index (κ2) is 5.31. The zero-order valence-electron chi connectivity index (χ0n) is 10.6. The molecule has 1 aromatic rings. The highest BCUT2D eigenvalue weighted by Crippen LogP contribution is 2.42. The van der Waals surface area contributed by atoms with Crippen molar-refractivity contribution in [3.63, 3.8) is 0 Å². The monoisotopic (exact) mass is 293 g/mol. The molecule has 0 amide bonds. The molecule has 2 unspecified atom stereocenters. The van der Waals surface area contributed by atoms with Crippen LogP contribution in [0.15, 0.2) is 18.2 Å².